The van der Waals surface area contributed by atoms with Gasteiger partial charge in [-0.15, -0.1) is 0 Å². The maximum atomic E-state index is 11.3. The molecule has 3 fully saturated rings. The van der Waals surface area contributed by atoms with E-state index in [-0.39, 0.29) is 23.8 Å². The van der Waals surface area contributed by atoms with Crippen LogP contribution in [0.15, 0.2) is 4.99 Å². The van der Waals surface area contributed by atoms with E-state index in [1.165, 1.54) is 0 Å². The Morgan fingerprint density at radius 2 is 2.17 bits per heavy atom. The third-order valence-corrected chi connectivity index (χ3v) is 4.88. The van der Waals surface area contributed by atoms with Gasteiger partial charge in [0, 0.05) is 5.71 Å². The van der Waals surface area contributed by atoms with Crippen LogP contribution in [0.5, 0.6) is 0 Å². The SMILES string of the molecule is CCOC(=O)CN=C1CC2CC(C1(C)O)C2(C)C. The van der Waals surface area contributed by atoms with E-state index in [0.717, 1.165) is 18.6 Å². The first kappa shape index (κ1) is 13.5. The van der Waals surface area contributed by atoms with Gasteiger partial charge in [0.15, 0.2) is 0 Å². The fourth-order valence-corrected chi connectivity index (χ4v) is 3.55. The number of hydrogen-bond donors (Lipinski definition) is 1. The van der Waals surface area contributed by atoms with Crippen molar-refractivity contribution in [3.63, 3.8) is 0 Å². The highest BCUT2D eigenvalue weighted by atomic mass is 16.5. The quantitative estimate of drug-likeness (QED) is 0.780. The minimum atomic E-state index is -0.870. The van der Waals surface area contributed by atoms with Crippen molar-refractivity contribution in [3.8, 4) is 0 Å². The first-order chi connectivity index (χ1) is 8.30. The van der Waals surface area contributed by atoms with Gasteiger partial charge >= 0.3 is 5.97 Å². The maximum Gasteiger partial charge on any atom is 0.327 e. The van der Waals surface area contributed by atoms with Crippen LogP contribution in [0.3, 0.4) is 0 Å². The summed E-state index contributed by atoms with van der Waals surface area (Å²) < 4.78 is 4.85. The van der Waals surface area contributed by atoms with Crippen LogP contribution in [0.25, 0.3) is 0 Å². The van der Waals surface area contributed by atoms with E-state index in [2.05, 4.69) is 18.8 Å². The van der Waals surface area contributed by atoms with Crippen molar-refractivity contribution in [1.82, 2.24) is 0 Å². The van der Waals surface area contributed by atoms with Gasteiger partial charge in [-0.2, -0.15) is 0 Å². The predicted octanol–water partition coefficient (Wildman–Crippen LogP) is 1.81. The third-order valence-electron chi connectivity index (χ3n) is 4.88. The number of carbonyl (C=O) groups is 1. The number of aliphatic hydroxyl groups is 1. The highest BCUT2D eigenvalue weighted by Crippen LogP contribution is 2.61. The second-order valence-electron chi connectivity index (χ2n) is 6.23. The van der Waals surface area contributed by atoms with Gasteiger partial charge in [0.25, 0.3) is 0 Å². The number of rotatable bonds is 3. The van der Waals surface area contributed by atoms with Crippen molar-refractivity contribution < 1.29 is 14.6 Å². The molecule has 1 N–H and O–H groups in total. The van der Waals surface area contributed by atoms with Gasteiger partial charge in [-0.25, -0.2) is 0 Å². The molecule has 18 heavy (non-hydrogen) atoms. The molecule has 0 amide bonds. The highest BCUT2D eigenvalue weighted by molar-refractivity contribution is 5.95. The molecule has 3 atom stereocenters. The lowest BCUT2D eigenvalue weighted by atomic mass is 9.44. The van der Waals surface area contributed by atoms with Crippen molar-refractivity contribution in [2.75, 3.05) is 13.2 Å². The second-order valence-corrected chi connectivity index (χ2v) is 6.23. The van der Waals surface area contributed by atoms with E-state index in [1.807, 2.05) is 6.92 Å². The minimum Gasteiger partial charge on any atom is -0.465 e. The van der Waals surface area contributed by atoms with Gasteiger partial charge in [-0.05, 0) is 43.9 Å². The number of esters is 1. The molecule has 0 aromatic carbocycles. The van der Waals surface area contributed by atoms with Gasteiger partial charge in [0.05, 0.1) is 6.61 Å². The summed E-state index contributed by atoms with van der Waals surface area (Å²) in [5.41, 5.74) is 0.0909. The van der Waals surface area contributed by atoms with Crippen molar-refractivity contribution in [3.05, 3.63) is 0 Å². The minimum absolute atomic E-state index is 0.0270. The zero-order chi connectivity index (χ0) is 13.6. The molecule has 0 spiro atoms. The zero-order valence-corrected chi connectivity index (χ0v) is 11.7. The van der Waals surface area contributed by atoms with Gasteiger partial charge < -0.3 is 9.84 Å². The van der Waals surface area contributed by atoms with E-state index in [9.17, 15) is 9.90 Å². The zero-order valence-electron chi connectivity index (χ0n) is 11.7. The molecule has 3 rings (SSSR count). The van der Waals surface area contributed by atoms with Crippen LogP contribution < -0.4 is 0 Å². The Kier molecular flexibility index (Phi) is 3.26. The Morgan fingerprint density at radius 1 is 1.50 bits per heavy atom. The molecular formula is C14H23NO3. The number of aliphatic imine (C=N–C) groups is 1. The summed E-state index contributed by atoms with van der Waals surface area (Å²) in [6.45, 7) is 8.43. The molecule has 3 aliphatic carbocycles. The highest BCUT2D eigenvalue weighted by Gasteiger charge is 2.61. The molecule has 0 saturated heterocycles. The van der Waals surface area contributed by atoms with E-state index >= 15 is 0 Å². The number of hydrogen-bond acceptors (Lipinski definition) is 4. The van der Waals surface area contributed by atoms with Crippen LogP contribution in [0.2, 0.25) is 0 Å². The molecule has 0 aromatic rings. The molecule has 3 unspecified atom stereocenters. The summed E-state index contributed by atoms with van der Waals surface area (Å²) in [4.78, 5) is 15.6. The monoisotopic (exact) mass is 253 g/mol. The fourth-order valence-electron chi connectivity index (χ4n) is 3.55. The molecule has 4 nitrogen and oxygen atoms in total. The topological polar surface area (TPSA) is 58.9 Å². The average Bonchev–Trinajstić information content (AvgIpc) is 2.26. The molecule has 4 heteroatoms. The number of ether oxygens (including phenoxy) is 1. The first-order valence-corrected chi connectivity index (χ1v) is 6.72. The van der Waals surface area contributed by atoms with Crippen LogP contribution in [0.4, 0.5) is 0 Å². The summed E-state index contributed by atoms with van der Waals surface area (Å²) >= 11 is 0. The summed E-state index contributed by atoms with van der Waals surface area (Å²) in [5, 5.41) is 10.6. The molecule has 0 radical (unpaired) electrons. The van der Waals surface area contributed by atoms with Crippen molar-refractivity contribution in [2.24, 2.45) is 22.2 Å². The molecule has 3 aliphatic rings. The van der Waals surface area contributed by atoms with Gasteiger partial charge in [0.2, 0.25) is 0 Å². The Bertz CT molecular complexity index is 385. The largest absolute Gasteiger partial charge is 0.465 e. The van der Waals surface area contributed by atoms with Crippen LogP contribution in [0.1, 0.15) is 40.5 Å². The fraction of sp³-hybridized carbons (Fsp3) is 0.857. The lowest BCUT2D eigenvalue weighted by molar-refractivity contribution is -0.141. The normalized spacial score (nSPS) is 39.3. The van der Waals surface area contributed by atoms with E-state index in [0.29, 0.717) is 12.5 Å². The number of nitrogens with zero attached hydrogens (tertiary/aromatic N) is 1. The molecule has 0 aliphatic heterocycles. The summed E-state index contributed by atoms with van der Waals surface area (Å²) in [6.07, 6.45) is 1.87. The lowest BCUT2D eigenvalue weighted by Crippen LogP contribution is -2.64. The molecule has 0 heterocycles. The maximum absolute atomic E-state index is 11.3. The van der Waals surface area contributed by atoms with Gasteiger partial charge in [0.1, 0.15) is 12.1 Å². The third kappa shape index (κ3) is 1.96. The number of fused-ring (bicyclic) bond motifs is 2. The molecule has 2 bridgehead atoms. The summed E-state index contributed by atoms with van der Waals surface area (Å²) in [7, 11) is 0. The van der Waals surface area contributed by atoms with Crippen molar-refractivity contribution >= 4 is 11.7 Å². The van der Waals surface area contributed by atoms with Gasteiger partial charge in [-0.3, -0.25) is 9.79 Å². The van der Waals surface area contributed by atoms with E-state index in [4.69, 9.17) is 4.74 Å². The Balaban J connectivity index is 2.08. The lowest BCUT2D eigenvalue weighted by Gasteiger charge is -2.62. The predicted molar refractivity (Wildman–Crippen MR) is 69.6 cm³/mol. The average molecular weight is 253 g/mol. The van der Waals surface area contributed by atoms with Crippen LogP contribution >= 0.6 is 0 Å². The molecule has 3 saturated carbocycles. The van der Waals surface area contributed by atoms with Crippen molar-refractivity contribution in [1.29, 1.82) is 0 Å². The standard InChI is InChI=1S/C14H23NO3/c1-5-18-12(16)8-15-11-7-9-6-10(13(9,2)3)14(11,4)17/h9-10,17H,5-8H2,1-4H3. The Morgan fingerprint density at radius 3 is 2.67 bits per heavy atom. The van der Waals surface area contributed by atoms with Crippen LogP contribution in [-0.2, 0) is 9.53 Å². The smallest absolute Gasteiger partial charge is 0.327 e. The summed E-state index contributed by atoms with van der Waals surface area (Å²) in [5.74, 6) is 0.521. The van der Waals surface area contributed by atoms with E-state index < -0.39 is 5.60 Å². The molecular weight excluding hydrogens is 230 g/mol. The van der Waals surface area contributed by atoms with E-state index in [1.54, 1.807) is 6.92 Å². The Hall–Kier alpha value is -0.900. The first-order valence-electron chi connectivity index (χ1n) is 6.72. The summed E-state index contributed by atoms with van der Waals surface area (Å²) in [6, 6.07) is 0. The van der Waals surface area contributed by atoms with Gasteiger partial charge in [-0.1, -0.05) is 13.8 Å². The number of carbonyl (C=O) groups excluding carboxylic acids is 1. The second kappa shape index (κ2) is 4.34. The Labute approximate surface area is 108 Å². The van der Waals surface area contributed by atoms with Crippen LogP contribution in [0, 0.1) is 17.3 Å². The molecule has 0 aromatic heterocycles. The van der Waals surface area contributed by atoms with Crippen LogP contribution in [-0.4, -0.2) is 35.5 Å². The molecule has 102 valence electrons. The van der Waals surface area contributed by atoms with Crippen molar-refractivity contribution in [2.45, 2.75) is 46.1 Å².